The van der Waals surface area contributed by atoms with Gasteiger partial charge in [-0.25, -0.2) is 14.8 Å². The van der Waals surface area contributed by atoms with E-state index in [0.717, 1.165) is 44.9 Å². The van der Waals surface area contributed by atoms with Crippen LogP contribution in [-0.2, 0) is 12.7 Å². The van der Waals surface area contributed by atoms with Gasteiger partial charge in [0.25, 0.3) is 0 Å². The second-order valence-corrected chi connectivity index (χ2v) is 12.6. The minimum absolute atomic E-state index is 0.0686. The van der Waals surface area contributed by atoms with Crippen molar-refractivity contribution in [3.63, 3.8) is 0 Å². The molecule has 3 fully saturated rings. The highest BCUT2D eigenvalue weighted by molar-refractivity contribution is 6.67. The van der Waals surface area contributed by atoms with Gasteiger partial charge in [0, 0.05) is 63.2 Å². The Kier molecular flexibility index (Phi) is 7.51. The van der Waals surface area contributed by atoms with E-state index in [1.165, 1.54) is 32.9 Å². The Hall–Kier alpha value is -2.56. The van der Waals surface area contributed by atoms with Crippen LogP contribution in [0.5, 0.6) is 0 Å². The first-order valence-electron chi connectivity index (χ1n) is 14.2. The third-order valence-electron chi connectivity index (χ3n) is 9.74. The van der Waals surface area contributed by atoms with E-state index in [9.17, 15) is 18.0 Å². The van der Waals surface area contributed by atoms with E-state index >= 15 is 0 Å². The van der Waals surface area contributed by atoms with Gasteiger partial charge in [-0.1, -0.05) is 10.9 Å². The fourth-order valence-corrected chi connectivity index (χ4v) is 7.16. The number of aromatic nitrogens is 2. The van der Waals surface area contributed by atoms with E-state index in [4.69, 9.17) is 0 Å². The number of hydrogen-bond donors (Lipinski definition) is 1. The Balaban J connectivity index is 1.11. The summed E-state index contributed by atoms with van der Waals surface area (Å²) in [6.45, 7) is 7.97. The Bertz CT molecular complexity index is 1260. The summed E-state index contributed by atoms with van der Waals surface area (Å²) in [5, 5.41) is 3.25. The third-order valence-corrected chi connectivity index (χ3v) is 9.74. The van der Waals surface area contributed by atoms with Crippen molar-refractivity contribution in [2.24, 2.45) is 5.41 Å². The van der Waals surface area contributed by atoms with Crippen LogP contribution in [0.2, 0.25) is 0 Å². The number of piperazine rings is 1. The van der Waals surface area contributed by atoms with Gasteiger partial charge in [-0.05, 0) is 37.7 Å². The number of urea groups is 1. The number of benzene rings is 1. The summed E-state index contributed by atoms with van der Waals surface area (Å²) in [5.74, 6) is 0.253. The van der Waals surface area contributed by atoms with Crippen LogP contribution in [0, 0.1) is 5.41 Å². The van der Waals surface area contributed by atoms with Crippen LogP contribution in [0.3, 0.4) is 0 Å². The molecule has 5 rings (SSSR count). The van der Waals surface area contributed by atoms with E-state index in [1.54, 1.807) is 0 Å². The molecule has 2 aliphatic heterocycles. The van der Waals surface area contributed by atoms with Crippen molar-refractivity contribution in [1.82, 2.24) is 25.1 Å². The van der Waals surface area contributed by atoms with Crippen LogP contribution in [0.25, 0.3) is 0 Å². The molecule has 2 atom stereocenters. The Morgan fingerprint density at radius 2 is 1.45 bits per heavy atom. The molecular formula is C25H36B5F3N6O. The van der Waals surface area contributed by atoms with Crippen molar-refractivity contribution in [1.29, 1.82) is 0 Å². The van der Waals surface area contributed by atoms with Gasteiger partial charge in [0.05, 0.1) is 5.56 Å². The molecule has 1 aromatic carbocycles. The Morgan fingerprint density at radius 1 is 0.950 bits per heavy atom. The van der Waals surface area contributed by atoms with Crippen molar-refractivity contribution in [3.05, 3.63) is 23.5 Å². The first-order valence-corrected chi connectivity index (χ1v) is 14.2. The predicted octanol–water partition coefficient (Wildman–Crippen LogP) is -4.94. The molecule has 0 radical (unpaired) electrons. The minimum Gasteiger partial charge on any atom is -0.337 e. The first-order chi connectivity index (χ1) is 18.7. The maximum atomic E-state index is 13.2. The number of alkyl halides is 3. The second-order valence-electron chi connectivity index (χ2n) is 12.6. The molecule has 1 spiro atoms. The summed E-state index contributed by atoms with van der Waals surface area (Å²) in [6, 6.07) is -0.148. The highest BCUT2D eigenvalue weighted by atomic mass is 19.4. The van der Waals surface area contributed by atoms with E-state index in [2.05, 4.69) is 59.4 Å². The lowest BCUT2D eigenvalue weighted by Crippen LogP contribution is -2.68. The van der Waals surface area contributed by atoms with Gasteiger partial charge in [-0.2, -0.15) is 13.2 Å². The predicted molar refractivity (Wildman–Crippen MR) is 167 cm³/mol. The molecule has 0 unspecified atom stereocenters. The Labute approximate surface area is 239 Å². The van der Waals surface area contributed by atoms with Crippen molar-refractivity contribution >= 4 is 78.5 Å². The summed E-state index contributed by atoms with van der Waals surface area (Å²) in [4.78, 5) is 27.3. The smallest absolute Gasteiger partial charge is 0.337 e. The van der Waals surface area contributed by atoms with Gasteiger partial charge in [-0.15, -0.1) is 16.4 Å². The first kappa shape index (κ1) is 29.0. The van der Waals surface area contributed by atoms with Gasteiger partial charge < -0.3 is 15.1 Å². The molecule has 2 aromatic rings. The van der Waals surface area contributed by atoms with Crippen molar-refractivity contribution in [2.45, 2.75) is 57.5 Å². The molecule has 15 heteroatoms. The van der Waals surface area contributed by atoms with E-state index in [-0.39, 0.29) is 30.1 Å². The highest BCUT2D eigenvalue weighted by Gasteiger charge is 2.53. The number of nitrogens with zero attached hydrogens (tertiary/aromatic N) is 5. The van der Waals surface area contributed by atoms with Crippen molar-refractivity contribution in [2.75, 3.05) is 31.1 Å². The van der Waals surface area contributed by atoms with Crippen LogP contribution in [-0.4, -0.2) is 109 Å². The molecule has 3 aliphatic rings. The van der Waals surface area contributed by atoms with E-state index in [0.29, 0.717) is 18.5 Å². The quantitative estimate of drug-likeness (QED) is 0.389. The molecule has 2 saturated heterocycles. The topological polar surface area (TPSA) is 64.6 Å². The third kappa shape index (κ3) is 5.26. The largest absolute Gasteiger partial charge is 0.419 e. The maximum absolute atomic E-state index is 13.2. The minimum atomic E-state index is -4.47. The van der Waals surface area contributed by atoms with Crippen LogP contribution in [0.15, 0.2) is 12.4 Å². The molecule has 7 nitrogen and oxygen atoms in total. The lowest BCUT2D eigenvalue weighted by atomic mass is 9.59. The molecular weight excluding hydrogens is 511 g/mol. The molecule has 0 bridgehead atoms. The average molecular weight is 548 g/mol. The standard InChI is InChI=1S/C25H36B5F3N6O/c1-12-7-38(22-34-5-14(6-35-22)25(31,32)33)8-13(2)39(12)23(40)36-15-3-24(4-15)10-37(11-24)9-16-17(26)19(28)21(30)20(29)18(16)27/h5-6,12-13,15H,3-4,7-11,26-30H2,1-2H3,(H,36,40)/t12-,13+. The number of likely N-dealkylation sites (tertiary alicyclic amines) is 1. The molecule has 40 heavy (non-hydrogen) atoms. The highest BCUT2D eigenvalue weighted by Crippen LogP contribution is 2.48. The van der Waals surface area contributed by atoms with Crippen LogP contribution in [0.4, 0.5) is 23.9 Å². The molecule has 1 aliphatic carbocycles. The Morgan fingerprint density at radius 3 is 1.95 bits per heavy atom. The molecule has 2 amide bonds. The van der Waals surface area contributed by atoms with Crippen molar-refractivity contribution in [3.8, 4) is 0 Å². The lowest BCUT2D eigenvalue weighted by Gasteiger charge is -2.59. The molecule has 1 saturated carbocycles. The monoisotopic (exact) mass is 548 g/mol. The maximum Gasteiger partial charge on any atom is 0.419 e. The van der Waals surface area contributed by atoms with Crippen LogP contribution >= 0.6 is 0 Å². The average Bonchev–Trinajstić information content (AvgIpc) is 2.84. The summed E-state index contributed by atoms with van der Waals surface area (Å²) in [5.41, 5.74) is 7.92. The van der Waals surface area contributed by atoms with Gasteiger partial charge >= 0.3 is 12.2 Å². The number of carbonyl (C=O) groups is 1. The van der Waals surface area contributed by atoms with Gasteiger partial charge in [0.2, 0.25) is 5.95 Å². The fraction of sp³-hybridized carbons (Fsp3) is 0.560. The van der Waals surface area contributed by atoms with E-state index in [1.807, 2.05) is 23.6 Å². The van der Waals surface area contributed by atoms with Gasteiger partial charge in [0.1, 0.15) is 39.2 Å². The summed E-state index contributed by atoms with van der Waals surface area (Å²) in [6.07, 6.45) is -0.834. The number of anilines is 1. The molecule has 1 aromatic heterocycles. The van der Waals surface area contributed by atoms with Crippen LogP contribution < -0.4 is 37.5 Å². The second kappa shape index (κ2) is 10.4. The number of nitrogens with one attached hydrogen (secondary N) is 1. The van der Waals surface area contributed by atoms with E-state index < -0.39 is 11.7 Å². The lowest BCUT2D eigenvalue weighted by molar-refractivity contribution is -0.138. The molecule has 3 heterocycles. The fourth-order valence-electron chi connectivity index (χ4n) is 7.16. The van der Waals surface area contributed by atoms with Crippen LogP contribution in [0.1, 0.15) is 37.8 Å². The SMILES string of the molecule is Bc1c(B)c(B)c(CN2CC3(CC(NC(=O)N4[C@H](C)CN(c5ncc(C(F)(F)F)cn5)C[C@@H]4C)C3)C2)c(B)c1B. The number of rotatable bonds is 4. The summed E-state index contributed by atoms with van der Waals surface area (Å²) >= 11 is 0. The number of hydrogen-bond acceptors (Lipinski definition) is 5. The zero-order valence-corrected chi connectivity index (χ0v) is 24.6. The van der Waals surface area contributed by atoms with Gasteiger partial charge in [0.15, 0.2) is 0 Å². The van der Waals surface area contributed by atoms with Gasteiger partial charge in [-0.3, -0.25) is 4.90 Å². The molecule has 208 valence electrons. The molecule has 1 N–H and O–H groups in total. The number of amides is 2. The number of carbonyl (C=O) groups excluding carboxylic acids is 1. The van der Waals surface area contributed by atoms with Crippen molar-refractivity contribution < 1.29 is 18.0 Å². The summed E-state index contributed by atoms with van der Waals surface area (Å²) < 4.78 is 38.6. The normalized spacial score (nSPS) is 23.1. The number of halogens is 3. The zero-order chi connectivity index (χ0) is 29.1. The zero-order valence-electron chi connectivity index (χ0n) is 24.6. The summed E-state index contributed by atoms with van der Waals surface area (Å²) in [7, 11) is 11.1.